The van der Waals surface area contributed by atoms with E-state index in [0.29, 0.717) is 26.7 Å². The van der Waals surface area contributed by atoms with Crippen molar-refractivity contribution in [3.63, 3.8) is 0 Å². The minimum Gasteiger partial charge on any atom is -0.289 e. The van der Waals surface area contributed by atoms with E-state index in [4.69, 9.17) is 23.2 Å². The third kappa shape index (κ3) is 1.72. The fourth-order valence-corrected chi connectivity index (χ4v) is 2.82. The molecular formula is C13H5Cl2NO3. The first kappa shape index (κ1) is 12.1. The number of ketones is 1. The zero-order valence-corrected chi connectivity index (χ0v) is 10.8. The standard InChI is InChI=1S/C13H5Cl2NO3/c14-6-3-10-12(11(15)4-6)8-2-1-7(16(18)19)5-9(8)13(10)17/h1-5H. The van der Waals surface area contributed by atoms with E-state index < -0.39 is 4.92 Å². The van der Waals surface area contributed by atoms with Crippen LogP contribution in [0.4, 0.5) is 5.69 Å². The zero-order chi connectivity index (χ0) is 13.7. The summed E-state index contributed by atoms with van der Waals surface area (Å²) in [6, 6.07) is 7.23. The van der Waals surface area contributed by atoms with Gasteiger partial charge in [0.05, 0.1) is 9.95 Å². The molecule has 0 bridgehead atoms. The van der Waals surface area contributed by atoms with E-state index in [1.54, 1.807) is 6.07 Å². The molecule has 6 heteroatoms. The lowest BCUT2D eigenvalue weighted by atomic mass is 10.1. The Morgan fingerprint density at radius 3 is 2.42 bits per heavy atom. The summed E-state index contributed by atoms with van der Waals surface area (Å²) in [5.74, 6) is -0.293. The highest BCUT2D eigenvalue weighted by atomic mass is 35.5. The van der Waals surface area contributed by atoms with Gasteiger partial charge in [0, 0.05) is 33.8 Å². The van der Waals surface area contributed by atoms with Crippen LogP contribution in [0.5, 0.6) is 0 Å². The van der Waals surface area contributed by atoms with Gasteiger partial charge in [-0.1, -0.05) is 23.2 Å². The lowest BCUT2D eigenvalue weighted by Gasteiger charge is -2.03. The molecule has 0 aliphatic heterocycles. The average Bonchev–Trinajstić information content (AvgIpc) is 2.63. The SMILES string of the molecule is O=C1c2cc([N+](=O)[O-])ccc2-c2c(Cl)cc(Cl)cc21. The summed E-state index contributed by atoms with van der Waals surface area (Å²) in [7, 11) is 0. The Bertz CT molecular complexity index is 756. The molecule has 0 radical (unpaired) electrons. The molecule has 0 N–H and O–H groups in total. The van der Waals surface area contributed by atoms with Crippen molar-refractivity contribution in [2.24, 2.45) is 0 Å². The molecule has 2 aromatic carbocycles. The lowest BCUT2D eigenvalue weighted by Crippen LogP contribution is -1.96. The van der Waals surface area contributed by atoms with Gasteiger partial charge in [0.2, 0.25) is 0 Å². The van der Waals surface area contributed by atoms with E-state index in [9.17, 15) is 14.9 Å². The first-order valence-electron chi connectivity index (χ1n) is 5.31. The van der Waals surface area contributed by atoms with Crippen LogP contribution < -0.4 is 0 Å². The molecule has 0 atom stereocenters. The Kier molecular flexibility index (Phi) is 2.59. The molecule has 2 aromatic rings. The minimum atomic E-state index is -0.537. The highest BCUT2D eigenvalue weighted by molar-refractivity contribution is 6.39. The van der Waals surface area contributed by atoms with Gasteiger partial charge in [0.25, 0.3) is 5.69 Å². The van der Waals surface area contributed by atoms with E-state index in [-0.39, 0.29) is 17.0 Å². The van der Waals surface area contributed by atoms with Crippen molar-refractivity contribution in [1.29, 1.82) is 0 Å². The minimum absolute atomic E-state index is 0.123. The van der Waals surface area contributed by atoms with Crippen LogP contribution in [-0.2, 0) is 0 Å². The van der Waals surface area contributed by atoms with E-state index in [1.807, 2.05) is 0 Å². The van der Waals surface area contributed by atoms with Crippen LogP contribution in [0.1, 0.15) is 15.9 Å². The third-order valence-electron chi connectivity index (χ3n) is 3.03. The quantitative estimate of drug-likeness (QED) is 0.501. The molecule has 0 saturated carbocycles. The van der Waals surface area contributed by atoms with Gasteiger partial charge in [-0.25, -0.2) is 0 Å². The van der Waals surface area contributed by atoms with E-state index >= 15 is 0 Å². The molecule has 0 fully saturated rings. The van der Waals surface area contributed by atoms with Gasteiger partial charge in [0.1, 0.15) is 0 Å². The van der Waals surface area contributed by atoms with Gasteiger partial charge >= 0.3 is 0 Å². The molecule has 0 amide bonds. The summed E-state index contributed by atoms with van der Waals surface area (Å²) in [5.41, 5.74) is 1.73. The Balaban J connectivity index is 2.31. The number of nitro groups is 1. The van der Waals surface area contributed by atoms with Crippen molar-refractivity contribution in [2.45, 2.75) is 0 Å². The van der Waals surface area contributed by atoms with Crippen LogP contribution >= 0.6 is 23.2 Å². The predicted molar refractivity (Wildman–Crippen MR) is 72.0 cm³/mol. The number of halogens is 2. The predicted octanol–water partition coefficient (Wildman–Crippen LogP) is 4.11. The molecule has 4 nitrogen and oxygen atoms in total. The Labute approximate surface area is 117 Å². The molecule has 0 saturated heterocycles. The summed E-state index contributed by atoms with van der Waals surface area (Å²) < 4.78 is 0. The van der Waals surface area contributed by atoms with Crippen LogP contribution in [-0.4, -0.2) is 10.7 Å². The van der Waals surface area contributed by atoms with E-state index in [1.165, 1.54) is 24.3 Å². The van der Waals surface area contributed by atoms with Gasteiger partial charge in [0.15, 0.2) is 5.78 Å². The number of benzene rings is 2. The monoisotopic (exact) mass is 293 g/mol. The number of nitro benzene ring substituents is 1. The fraction of sp³-hybridized carbons (Fsp3) is 0. The van der Waals surface area contributed by atoms with E-state index in [0.717, 1.165) is 0 Å². The lowest BCUT2D eigenvalue weighted by molar-refractivity contribution is -0.384. The largest absolute Gasteiger partial charge is 0.289 e. The van der Waals surface area contributed by atoms with Crippen molar-refractivity contribution >= 4 is 34.7 Å². The number of non-ortho nitro benzene ring substituents is 1. The molecule has 3 rings (SSSR count). The van der Waals surface area contributed by atoms with Crippen molar-refractivity contribution < 1.29 is 9.72 Å². The smallest absolute Gasteiger partial charge is 0.270 e. The van der Waals surface area contributed by atoms with Gasteiger partial charge in [-0.3, -0.25) is 14.9 Å². The van der Waals surface area contributed by atoms with Gasteiger partial charge < -0.3 is 0 Å². The number of nitrogens with zero attached hydrogens (tertiary/aromatic N) is 1. The normalized spacial score (nSPS) is 12.2. The van der Waals surface area contributed by atoms with Crippen molar-refractivity contribution in [2.75, 3.05) is 0 Å². The number of hydrogen-bond donors (Lipinski definition) is 0. The molecule has 94 valence electrons. The highest BCUT2D eigenvalue weighted by Crippen LogP contribution is 2.43. The number of rotatable bonds is 1. The van der Waals surface area contributed by atoms with Crippen LogP contribution in [0.25, 0.3) is 11.1 Å². The molecular weight excluding hydrogens is 289 g/mol. The summed E-state index contributed by atoms with van der Waals surface area (Å²) in [5, 5.41) is 11.5. The summed E-state index contributed by atoms with van der Waals surface area (Å²) in [6.45, 7) is 0. The second kappa shape index (κ2) is 4.05. The topological polar surface area (TPSA) is 60.2 Å². The number of hydrogen-bond acceptors (Lipinski definition) is 3. The number of fused-ring (bicyclic) bond motifs is 3. The third-order valence-corrected chi connectivity index (χ3v) is 3.54. The van der Waals surface area contributed by atoms with Crippen molar-refractivity contribution in [3.05, 3.63) is 61.6 Å². The maximum Gasteiger partial charge on any atom is 0.270 e. The molecule has 1 aliphatic rings. The summed E-state index contributed by atoms with van der Waals surface area (Å²) in [4.78, 5) is 22.4. The fourth-order valence-electron chi connectivity index (χ4n) is 2.22. The Hall–Kier alpha value is -1.91. The van der Waals surface area contributed by atoms with Crippen LogP contribution in [0.2, 0.25) is 10.0 Å². The number of carbonyl (C=O) groups excluding carboxylic acids is 1. The highest BCUT2D eigenvalue weighted by Gasteiger charge is 2.30. The van der Waals surface area contributed by atoms with Crippen molar-refractivity contribution in [1.82, 2.24) is 0 Å². The maximum absolute atomic E-state index is 12.2. The summed E-state index contributed by atoms with van der Waals surface area (Å²) >= 11 is 12.0. The molecule has 0 unspecified atom stereocenters. The molecule has 0 spiro atoms. The molecule has 0 aromatic heterocycles. The van der Waals surface area contributed by atoms with Crippen molar-refractivity contribution in [3.8, 4) is 11.1 Å². The Morgan fingerprint density at radius 1 is 1.00 bits per heavy atom. The zero-order valence-electron chi connectivity index (χ0n) is 9.31. The summed E-state index contributed by atoms with van der Waals surface area (Å²) in [6.07, 6.45) is 0. The number of carbonyl (C=O) groups is 1. The maximum atomic E-state index is 12.2. The molecule has 1 aliphatic carbocycles. The second-order valence-corrected chi connectivity index (χ2v) is 4.97. The molecule has 19 heavy (non-hydrogen) atoms. The van der Waals surface area contributed by atoms with Gasteiger partial charge in [-0.2, -0.15) is 0 Å². The first-order chi connectivity index (χ1) is 8.99. The Morgan fingerprint density at radius 2 is 1.74 bits per heavy atom. The molecule has 0 heterocycles. The van der Waals surface area contributed by atoms with Gasteiger partial charge in [-0.15, -0.1) is 0 Å². The van der Waals surface area contributed by atoms with Crippen LogP contribution in [0, 0.1) is 10.1 Å². The second-order valence-electron chi connectivity index (χ2n) is 4.13. The average molecular weight is 294 g/mol. The van der Waals surface area contributed by atoms with Crippen LogP contribution in [0.3, 0.4) is 0 Å². The van der Waals surface area contributed by atoms with E-state index in [2.05, 4.69) is 0 Å². The van der Waals surface area contributed by atoms with Gasteiger partial charge in [-0.05, 0) is 23.8 Å². The first-order valence-corrected chi connectivity index (χ1v) is 6.07. The van der Waals surface area contributed by atoms with Crippen LogP contribution in [0.15, 0.2) is 30.3 Å².